The van der Waals surface area contributed by atoms with Crippen molar-refractivity contribution in [3.05, 3.63) is 77.9 Å². The Balaban J connectivity index is 1.42. The SMILES string of the molecule is N#Cc1cccc(C2=NOC(CNS(=O)(=O)c3ccc4ccccc4c3)C2)c1. The van der Waals surface area contributed by atoms with Crippen LogP contribution >= 0.6 is 0 Å². The second kappa shape index (κ2) is 7.43. The minimum absolute atomic E-state index is 0.111. The molecule has 3 aromatic carbocycles. The van der Waals surface area contributed by atoms with E-state index >= 15 is 0 Å². The van der Waals surface area contributed by atoms with Crippen molar-refractivity contribution in [1.29, 1.82) is 5.26 Å². The summed E-state index contributed by atoms with van der Waals surface area (Å²) in [6, 6.07) is 21.8. The number of nitrogens with one attached hydrogen (secondary N) is 1. The largest absolute Gasteiger partial charge is 0.390 e. The molecule has 0 amide bonds. The lowest BCUT2D eigenvalue weighted by molar-refractivity contribution is 0.0891. The zero-order chi connectivity index (χ0) is 19.6. The van der Waals surface area contributed by atoms with E-state index in [1.165, 1.54) is 0 Å². The van der Waals surface area contributed by atoms with Crippen molar-refractivity contribution in [2.45, 2.75) is 17.4 Å². The second-order valence-corrected chi connectivity index (χ2v) is 8.29. The number of rotatable bonds is 5. The molecule has 0 bridgehead atoms. The third-order valence-electron chi connectivity index (χ3n) is 4.59. The van der Waals surface area contributed by atoms with Crippen LogP contribution in [0, 0.1) is 11.3 Å². The first-order chi connectivity index (χ1) is 13.5. The van der Waals surface area contributed by atoms with Crippen LogP contribution in [-0.4, -0.2) is 26.8 Å². The molecule has 1 N–H and O–H groups in total. The van der Waals surface area contributed by atoms with Gasteiger partial charge in [0.05, 0.1) is 28.8 Å². The highest BCUT2D eigenvalue weighted by atomic mass is 32.2. The Morgan fingerprint density at radius 1 is 1.07 bits per heavy atom. The maximum absolute atomic E-state index is 12.6. The molecule has 0 saturated carbocycles. The van der Waals surface area contributed by atoms with Gasteiger partial charge in [-0.15, -0.1) is 0 Å². The fraction of sp³-hybridized carbons (Fsp3) is 0.143. The second-order valence-electron chi connectivity index (χ2n) is 6.52. The third-order valence-corrected chi connectivity index (χ3v) is 6.01. The smallest absolute Gasteiger partial charge is 0.240 e. The van der Waals surface area contributed by atoms with Crippen LogP contribution in [0.3, 0.4) is 0 Å². The minimum Gasteiger partial charge on any atom is -0.390 e. The molecule has 0 radical (unpaired) electrons. The quantitative estimate of drug-likeness (QED) is 0.723. The maximum Gasteiger partial charge on any atom is 0.240 e. The molecule has 0 spiro atoms. The topological polar surface area (TPSA) is 91.5 Å². The van der Waals surface area contributed by atoms with Gasteiger partial charge >= 0.3 is 0 Å². The van der Waals surface area contributed by atoms with Gasteiger partial charge in [-0.2, -0.15) is 5.26 Å². The van der Waals surface area contributed by atoms with E-state index in [0.29, 0.717) is 17.7 Å². The summed E-state index contributed by atoms with van der Waals surface area (Å²) in [4.78, 5) is 5.59. The Kier molecular flexibility index (Phi) is 4.82. The van der Waals surface area contributed by atoms with Crippen molar-refractivity contribution in [3.63, 3.8) is 0 Å². The fourth-order valence-corrected chi connectivity index (χ4v) is 4.20. The van der Waals surface area contributed by atoms with Crippen LogP contribution in [0.2, 0.25) is 0 Å². The Morgan fingerprint density at radius 3 is 2.71 bits per heavy atom. The van der Waals surface area contributed by atoms with Crippen molar-refractivity contribution in [1.82, 2.24) is 4.72 Å². The van der Waals surface area contributed by atoms with Crippen LogP contribution in [-0.2, 0) is 14.9 Å². The molecular formula is C21H17N3O3S. The summed E-state index contributed by atoms with van der Waals surface area (Å²) in [5.41, 5.74) is 2.05. The highest BCUT2D eigenvalue weighted by Crippen LogP contribution is 2.20. The lowest BCUT2D eigenvalue weighted by Gasteiger charge is -2.11. The first kappa shape index (κ1) is 18.2. The molecule has 1 aliphatic heterocycles. The first-order valence-electron chi connectivity index (χ1n) is 8.77. The van der Waals surface area contributed by atoms with Gasteiger partial charge < -0.3 is 4.84 Å². The monoisotopic (exact) mass is 391 g/mol. The third kappa shape index (κ3) is 3.74. The number of oxime groups is 1. The van der Waals surface area contributed by atoms with E-state index in [1.807, 2.05) is 30.3 Å². The van der Waals surface area contributed by atoms with E-state index in [-0.39, 0.29) is 11.4 Å². The lowest BCUT2D eigenvalue weighted by Crippen LogP contribution is -2.32. The number of nitriles is 1. The number of nitrogens with zero attached hydrogens (tertiary/aromatic N) is 2. The van der Waals surface area contributed by atoms with Crippen LogP contribution in [0.4, 0.5) is 0 Å². The summed E-state index contributed by atoms with van der Waals surface area (Å²) in [5.74, 6) is 0. The molecule has 7 heteroatoms. The van der Waals surface area contributed by atoms with Gasteiger partial charge in [0, 0.05) is 12.0 Å². The molecule has 0 aromatic heterocycles. The summed E-state index contributed by atoms with van der Waals surface area (Å²) in [6.07, 6.45) is 0.0748. The van der Waals surface area contributed by atoms with Gasteiger partial charge in [-0.25, -0.2) is 13.1 Å². The Labute approximate surface area is 163 Å². The summed E-state index contributed by atoms with van der Waals surface area (Å²) in [5, 5.41) is 14.9. The molecule has 1 heterocycles. The molecule has 1 unspecified atom stereocenters. The van der Waals surface area contributed by atoms with Gasteiger partial charge in [-0.05, 0) is 35.0 Å². The van der Waals surface area contributed by atoms with Crippen LogP contribution in [0.25, 0.3) is 10.8 Å². The molecule has 6 nitrogen and oxygen atoms in total. The van der Waals surface area contributed by atoms with Gasteiger partial charge in [0.1, 0.15) is 6.10 Å². The molecule has 4 rings (SSSR count). The van der Waals surface area contributed by atoms with Gasteiger partial charge in [-0.3, -0.25) is 0 Å². The normalized spacial score (nSPS) is 16.4. The molecule has 0 saturated heterocycles. The van der Waals surface area contributed by atoms with Crippen LogP contribution in [0.1, 0.15) is 17.5 Å². The number of fused-ring (bicyclic) bond motifs is 1. The zero-order valence-electron chi connectivity index (χ0n) is 14.9. The zero-order valence-corrected chi connectivity index (χ0v) is 15.7. The Hall–Kier alpha value is -3.21. The van der Waals surface area contributed by atoms with Gasteiger partial charge in [0.15, 0.2) is 0 Å². The van der Waals surface area contributed by atoms with E-state index in [1.54, 1.807) is 36.4 Å². The fourth-order valence-electron chi connectivity index (χ4n) is 3.10. The standard InChI is InChI=1S/C21H17N3O3S/c22-13-15-4-3-7-18(10-15)21-12-19(27-24-21)14-23-28(25,26)20-9-8-16-5-1-2-6-17(16)11-20/h1-11,19,23H,12,14H2. The lowest BCUT2D eigenvalue weighted by atomic mass is 10.0. The maximum atomic E-state index is 12.6. The van der Waals surface area contributed by atoms with Crippen LogP contribution in [0.15, 0.2) is 76.8 Å². The van der Waals surface area contributed by atoms with Crippen molar-refractivity contribution in [3.8, 4) is 6.07 Å². The first-order valence-corrected chi connectivity index (χ1v) is 10.3. The number of hydrogen-bond donors (Lipinski definition) is 1. The van der Waals surface area contributed by atoms with Crippen molar-refractivity contribution in [2.75, 3.05) is 6.54 Å². The molecule has 3 aromatic rings. The van der Waals surface area contributed by atoms with Gasteiger partial charge in [0.2, 0.25) is 10.0 Å². The number of benzene rings is 3. The van der Waals surface area contributed by atoms with Crippen molar-refractivity contribution < 1.29 is 13.3 Å². The molecule has 1 aliphatic rings. The summed E-state index contributed by atoms with van der Waals surface area (Å²) >= 11 is 0. The molecule has 1 atom stereocenters. The van der Waals surface area contributed by atoms with E-state index in [2.05, 4.69) is 15.9 Å². The van der Waals surface area contributed by atoms with Crippen LogP contribution in [0.5, 0.6) is 0 Å². The van der Waals surface area contributed by atoms with E-state index in [9.17, 15) is 8.42 Å². The van der Waals surface area contributed by atoms with Crippen molar-refractivity contribution in [2.24, 2.45) is 5.16 Å². The average molecular weight is 391 g/mol. The molecular weight excluding hydrogens is 374 g/mol. The number of sulfonamides is 1. The summed E-state index contributed by atoms with van der Waals surface area (Å²) < 4.78 is 27.9. The van der Waals surface area contributed by atoms with E-state index in [4.69, 9.17) is 10.1 Å². The predicted octanol–water partition coefficient (Wildman–Crippen LogP) is 3.18. The Bertz CT molecular complexity index is 1210. The van der Waals surface area contributed by atoms with E-state index in [0.717, 1.165) is 16.3 Å². The van der Waals surface area contributed by atoms with Crippen LogP contribution < -0.4 is 4.72 Å². The molecule has 0 fully saturated rings. The highest BCUT2D eigenvalue weighted by molar-refractivity contribution is 7.89. The van der Waals surface area contributed by atoms with Gasteiger partial charge in [-0.1, -0.05) is 47.6 Å². The van der Waals surface area contributed by atoms with E-state index < -0.39 is 16.1 Å². The highest BCUT2D eigenvalue weighted by Gasteiger charge is 2.25. The average Bonchev–Trinajstić information content (AvgIpc) is 3.21. The molecule has 0 aliphatic carbocycles. The summed E-state index contributed by atoms with van der Waals surface area (Å²) in [6.45, 7) is 0.111. The predicted molar refractivity (Wildman–Crippen MR) is 106 cm³/mol. The minimum atomic E-state index is -3.66. The molecule has 28 heavy (non-hydrogen) atoms. The molecule has 140 valence electrons. The van der Waals surface area contributed by atoms with Crippen molar-refractivity contribution >= 4 is 26.5 Å². The number of hydrogen-bond acceptors (Lipinski definition) is 5. The summed E-state index contributed by atoms with van der Waals surface area (Å²) in [7, 11) is -3.66. The Morgan fingerprint density at radius 2 is 1.89 bits per heavy atom. The van der Waals surface area contributed by atoms with Gasteiger partial charge in [0.25, 0.3) is 0 Å².